The number of hydrogen-bond acceptors (Lipinski definition) is 8. The zero-order valence-corrected chi connectivity index (χ0v) is 17.4. The molecule has 0 bridgehead atoms. The highest BCUT2D eigenvalue weighted by molar-refractivity contribution is 6.34. The van der Waals surface area contributed by atoms with Crippen molar-refractivity contribution in [1.29, 1.82) is 5.26 Å². The van der Waals surface area contributed by atoms with Crippen LogP contribution in [-0.2, 0) is 0 Å². The van der Waals surface area contributed by atoms with Gasteiger partial charge >= 0.3 is 0 Å². The highest BCUT2D eigenvalue weighted by atomic mass is 35.5. The van der Waals surface area contributed by atoms with Gasteiger partial charge in [-0.15, -0.1) is 10.2 Å². The number of pyridine rings is 2. The fraction of sp³-hybridized carbons (Fsp3) is 0.105. The lowest BCUT2D eigenvalue weighted by Gasteiger charge is -2.13. The van der Waals surface area contributed by atoms with Gasteiger partial charge in [0.15, 0.2) is 11.3 Å². The van der Waals surface area contributed by atoms with Crippen LogP contribution in [0.25, 0.3) is 5.65 Å². The maximum atomic E-state index is 14.7. The van der Waals surface area contributed by atoms with Crippen LogP contribution < -0.4 is 10.1 Å². The molecule has 0 aliphatic rings. The van der Waals surface area contributed by atoms with Crippen molar-refractivity contribution < 1.29 is 13.9 Å². The van der Waals surface area contributed by atoms with Crippen molar-refractivity contribution in [3.63, 3.8) is 0 Å². The van der Waals surface area contributed by atoms with Gasteiger partial charge in [0, 0.05) is 30.1 Å². The predicted molar refractivity (Wildman–Crippen MR) is 110 cm³/mol. The largest absolute Gasteiger partial charge is 0.434 e. The van der Waals surface area contributed by atoms with Gasteiger partial charge in [-0.25, -0.2) is 13.9 Å². The summed E-state index contributed by atoms with van der Waals surface area (Å²) in [5, 5.41) is 23.6. The SMILES string of the molecule is N#Cc1cncc(Oc2nnc3ccnn3c2C(=O)NCC(F)c2cnc(Cl)cc2Cl)c1. The molecule has 0 aliphatic heterocycles. The molecule has 0 saturated carbocycles. The molecule has 1 amide bonds. The summed E-state index contributed by atoms with van der Waals surface area (Å²) in [6, 6.07) is 6.18. The molecule has 13 heteroatoms. The summed E-state index contributed by atoms with van der Waals surface area (Å²) < 4.78 is 21.5. The fourth-order valence-corrected chi connectivity index (χ4v) is 3.20. The first-order valence-corrected chi connectivity index (χ1v) is 9.68. The molecule has 32 heavy (non-hydrogen) atoms. The lowest BCUT2D eigenvalue weighted by Crippen LogP contribution is -2.30. The summed E-state index contributed by atoms with van der Waals surface area (Å²) in [6.45, 7) is -0.419. The normalized spacial score (nSPS) is 11.7. The van der Waals surface area contributed by atoms with Gasteiger partial charge in [0.05, 0.1) is 29.5 Å². The highest BCUT2D eigenvalue weighted by Gasteiger charge is 2.23. The molecule has 0 aliphatic carbocycles. The quantitative estimate of drug-likeness (QED) is 0.422. The number of nitrogens with one attached hydrogen (secondary N) is 1. The number of ether oxygens (including phenoxy) is 1. The number of halogens is 3. The van der Waals surface area contributed by atoms with Crippen LogP contribution in [0.3, 0.4) is 0 Å². The van der Waals surface area contributed by atoms with E-state index in [1.165, 1.54) is 47.5 Å². The minimum Gasteiger partial charge on any atom is -0.434 e. The second-order valence-electron chi connectivity index (χ2n) is 6.28. The lowest BCUT2D eigenvalue weighted by atomic mass is 10.2. The van der Waals surface area contributed by atoms with Gasteiger partial charge in [-0.2, -0.15) is 10.4 Å². The van der Waals surface area contributed by atoms with Crippen LogP contribution in [0.1, 0.15) is 27.8 Å². The topological polar surface area (TPSA) is 131 Å². The molecule has 4 heterocycles. The molecule has 0 aromatic carbocycles. The maximum Gasteiger partial charge on any atom is 0.275 e. The maximum absolute atomic E-state index is 14.7. The minimum absolute atomic E-state index is 0.0734. The number of carbonyl (C=O) groups is 1. The molecule has 1 unspecified atom stereocenters. The summed E-state index contributed by atoms with van der Waals surface area (Å²) in [5.41, 5.74) is 0.461. The summed E-state index contributed by atoms with van der Waals surface area (Å²) >= 11 is 11.7. The monoisotopic (exact) mass is 472 g/mol. The van der Waals surface area contributed by atoms with Gasteiger partial charge in [0.1, 0.15) is 23.1 Å². The van der Waals surface area contributed by atoms with Crippen LogP contribution in [0.4, 0.5) is 4.39 Å². The molecule has 1 N–H and O–H groups in total. The number of nitrogens with zero attached hydrogens (tertiary/aromatic N) is 7. The summed E-state index contributed by atoms with van der Waals surface area (Å²) in [4.78, 5) is 20.6. The standard InChI is InChI=1S/C19H11Cl2FN8O2/c20-13-4-15(21)25-8-12(13)14(22)9-26-18(31)17-19(29-28-16-1-2-27-30(16)17)32-11-3-10(5-23)6-24-7-11/h1-4,6-8,14H,9H2,(H,26,31). The molecule has 0 fully saturated rings. The van der Waals surface area contributed by atoms with Crippen molar-refractivity contribution in [2.75, 3.05) is 6.54 Å². The van der Waals surface area contributed by atoms with Gasteiger partial charge in [-0.3, -0.25) is 9.78 Å². The van der Waals surface area contributed by atoms with E-state index in [9.17, 15) is 9.18 Å². The second kappa shape index (κ2) is 9.09. The van der Waals surface area contributed by atoms with E-state index < -0.39 is 18.6 Å². The number of carbonyl (C=O) groups excluding carboxylic acids is 1. The van der Waals surface area contributed by atoms with Gasteiger partial charge < -0.3 is 10.1 Å². The van der Waals surface area contributed by atoms with Crippen molar-refractivity contribution >= 4 is 34.8 Å². The smallest absolute Gasteiger partial charge is 0.275 e. The van der Waals surface area contributed by atoms with E-state index in [1.54, 1.807) is 0 Å². The molecular weight excluding hydrogens is 462 g/mol. The average molecular weight is 473 g/mol. The van der Waals surface area contributed by atoms with Crippen molar-refractivity contribution in [3.8, 4) is 17.7 Å². The van der Waals surface area contributed by atoms with Gasteiger partial charge in [0.25, 0.3) is 11.8 Å². The zero-order valence-electron chi connectivity index (χ0n) is 15.9. The van der Waals surface area contributed by atoms with Crippen molar-refractivity contribution in [2.24, 2.45) is 0 Å². The molecule has 4 aromatic heterocycles. The first kappa shape index (κ1) is 21.4. The Hall–Kier alpha value is -3.88. The number of alkyl halides is 1. The lowest BCUT2D eigenvalue weighted by molar-refractivity contribution is 0.0930. The molecule has 1 atom stereocenters. The van der Waals surface area contributed by atoms with Gasteiger partial charge in [-0.05, 0) is 6.07 Å². The van der Waals surface area contributed by atoms with Crippen molar-refractivity contribution in [3.05, 3.63) is 70.0 Å². The average Bonchev–Trinajstić information content (AvgIpc) is 3.26. The number of rotatable bonds is 6. The first-order valence-electron chi connectivity index (χ1n) is 8.93. The molecule has 160 valence electrons. The minimum atomic E-state index is -1.65. The Labute approximate surface area is 189 Å². The summed E-state index contributed by atoms with van der Waals surface area (Å²) in [5.74, 6) is -0.785. The highest BCUT2D eigenvalue weighted by Crippen LogP contribution is 2.27. The summed E-state index contributed by atoms with van der Waals surface area (Å²) in [7, 11) is 0. The van der Waals surface area contributed by atoms with Crippen LogP contribution in [-0.4, -0.2) is 42.2 Å². The van der Waals surface area contributed by atoms with Gasteiger partial charge in [-0.1, -0.05) is 23.2 Å². The molecule has 0 saturated heterocycles. The van der Waals surface area contributed by atoms with Crippen LogP contribution in [0.2, 0.25) is 10.2 Å². The van der Waals surface area contributed by atoms with E-state index in [-0.39, 0.29) is 44.3 Å². The third-order valence-corrected chi connectivity index (χ3v) is 4.71. The van der Waals surface area contributed by atoms with Crippen LogP contribution >= 0.6 is 23.2 Å². The van der Waals surface area contributed by atoms with E-state index in [4.69, 9.17) is 33.2 Å². The van der Waals surface area contributed by atoms with E-state index in [0.717, 1.165) is 0 Å². The Morgan fingerprint density at radius 2 is 2.12 bits per heavy atom. The Morgan fingerprint density at radius 1 is 1.28 bits per heavy atom. The molecule has 4 aromatic rings. The molecule has 4 rings (SSSR count). The number of hydrogen-bond donors (Lipinski definition) is 1. The fourth-order valence-electron chi connectivity index (χ4n) is 2.71. The number of nitriles is 1. The molecule has 10 nitrogen and oxygen atoms in total. The Kier molecular flexibility index (Phi) is 6.07. The second-order valence-corrected chi connectivity index (χ2v) is 7.08. The van der Waals surface area contributed by atoms with Crippen molar-refractivity contribution in [1.82, 2.24) is 35.1 Å². The van der Waals surface area contributed by atoms with Crippen LogP contribution in [0.5, 0.6) is 11.6 Å². The van der Waals surface area contributed by atoms with E-state index in [0.29, 0.717) is 0 Å². The van der Waals surface area contributed by atoms with E-state index >= 15 is 0 Å². The molecule has 0 spiro atoms. The third kappa shape index (κ3) is 4.41. The van der Waals surface area contributed by atoms with Crippen LogP contribution in [0, 0.1) is 11.3 Å². The van der Waals surface area contributed by atoms with E-state index in [1.807, 2.05) is 6.07 Å². The first-order chi connectivity index (χ1) is 15.5. The summed E-state index contributed by atoms with van der Waals surface area (Å²) in [6.07, 6.45) is 3.65. The van der Waals surface area contributed by atoms with E-state index in [2.05, 4.69) is 30.6 Å². The Bertz CT molecular complexity index is 1360. The molecular formula is C19H11Cl2FN8O2. The number of amides is 1. The van der Waals surface area contributed by atoms with Crippen LogP contribution in [0.15, 0.2) is 43.0 Å². The molecule has 0 radical (unpaired) electrons. The Morgan fingerprint density at radius 3 is 2.91 bits per heavy atom. The Balaban J connectivity index is 1.60. The van der Waals surface area contributed by atoms with Crippen molar-refractivity contribution in [2.45, 2.75) is 6.17 Å². The third-order valence-electron chi connectivity index (χ3n) is 4.18. The predicted octanol–water partition coefficient (Wildman–Crippen LogP) is 3.33. The van der Waals surface area contributed by atoms with Gasteiger partial charge in [0.2, 0.25) is 0 Å². The number of fused-ring (bicyclic) bond motifs is 1. The zero-order chi connectivity index (χ0) is 22.7. The number of aromatic nitrogens is 6.